The van der Waals surface area contributed by atoms with Crippen LogP contribution in [0, 0.1) is 11.7 Å². The molecule has 0 aliphatic heterocycles. The normalized spacial score (nSPS) is 17.8. The number of nitrogens with zero attached hydrogens (tertiary/aromatic N) is 4. The molecule has 6 rings (SSSR count). The van der Waals surface area contributed by atoms with Crippen LogP contribution in [0.4, 0.5) is 16.2 Å². The Bertz CT molecular complexity index is 1630. The van der Waals surface area contributed by atoms with E-state index in [-0.39, 0.29) is 17.8 Å². The van der Waals surface area contributed by atoms with E-state index in [2.05, 4.69) is 65.0 Å². The zero-order valence-corrected chi connectivity index (χ0v) is 20.2. The van der Waals surface area contributed by atoms with E-state index in [4.69, 9.17) is 9.40 Å². The molecule has 35 heavy (non-hydrogen) atoms. The van der Waals surface area contributed by atoms with E-state index in [1.54, 1.807) is 28.9 Å². The third-order valence-corrected chi connectivity index (χ3v) is 7.49. The minimum atomic E-state index is -0.334. The zero-order chi connectivity index (χ0) is 24.1. The van der Waals surface area contributed by atoms with Crippen LogP contribution in [0.15, 0.2) is 70.8 Å². The van der Waals surface area contributed by atoms with Crippen molar-refractivity contribution >= 4 is 38.9 Å². The average molecular weight is 487 g/mol. The number of aromatic nitrogens is 4. The molecule has 4 aromatic heterocycles. The van der Waals surface area contributed by atoms with Crippen molar-refractivity contribution in [3.63, 3.8) is 0 Å². The van der Waals surface area contributed by atoms with Gasteiger partial charge in [0, 0.05) is 28.9 Å². The van der Waals surface area contributed by atoms with Gasteiger partial charge in [-0.15, -0.1) is 16.4 Å². The van der Waals surface area contributed by atoms with Gasteiger partial charge in [-0.2, -0.15) is 0 Å². The van der Waals surface area contributed by atoms with Crippen molar-refractivity contribution in [2.24, 2.45) is 5.92 Å². The molecule has 2 atom stereocenters. The van der Waals surface area contributed by atoms with Crippen LogP contribution < -0.4 is 10.6 Å². The Morgan fingerprint density at radius 1 is 1.14 bits per heavy atom. The maximum Gasteiger partial charge on any atom is 0.315 e. The first-order valence-corrected chi connectivity index (χ1v) is 12.2. The Labute approximate surface area is 205 Å². The van der Waals surface area contributed by atoms with Gasteiger partial charge < -0.3 is 15.1 Å². The summed E-state index contributed by atoms with van der Waals surface area (Å²) in [5, 5.41) is 16.0. The monoisotopic (exact) mass is 486 g/mol. The molecule has 176 valence electrons. The van der Waals surface area contributed by atoms with Crippen molar-refractivity contribution in [1.29, 1.82) is 0 Å². The summed E-state index contributed by atoms with van der Waals surface area (Å²) in [6.45, 7) is 4.27. The van der Waals surface area contributed by atoms with Gasteiger partial charge in [-0.3, -0.25) is 4.40 Å². The number of halogens is 1. The number of benzene rings is 1. The Balaban J connectivity index is 1.62. The number of hydrogen-bond donors (Lipinski definition) is 2. The molecule has 0 radical (unpaired) electrons. The van der Waals surface area contributed by atoms with Gasteiger partial charge in [0.05, 0.1) is 6.04 Å². The maximum absolute atomic E-state index is 14.4. The number of rotatable bonds is 5. The van der Waals surface area contributed by atoms with Gasteiger partial charge in [-0.25, -0.2) is 9.37 Å². The first-order chi connectivity index (χ1) is 17.0. The van der Waals surface area contributed by atoms with E-state index >= 15 is 0 Å². The van der Waals surface area contributed by atoms with Crippen LogP contribution in [-0.4, -0.2) is 32.7 Å². The lowest BCUT2D eigenvalue weighted by Gasteiger charge is -2.27. The molecule has 0 amide bonds. The SMILES string of the molecule is CNc1nnc(-c2sc3ccccc3c2-c2nc3ccc(F)cn3c2NC2C(C)=CC=CC2C)o1. The fourth-order valence-electron chi connectivity index (χ4n) is 4.58. The summed E-state index contributed by atoms with van der Waals surface area (Å²) in [4.78, 5) is 5.79. The lowest BCUT2D eigenvalue weighted by atomic mass is 9.90. The van der Waals surface area contributed by atoms with E-state index in [0.29, 0.717) is 23.2 Å². The van der Waals surface area contributed by atoms with Crippen molar-refractivity contribution in [2.75, 3.05) is 17.7 Å². The fraction of sp³-hybridized carbons (Fsp3) is 0.192. The molecule has 4 heterocycles. The number of imidazole rings is 1. The molecular formula is C26H23FN6OS. The number of hydrogen-bond acceptors (Lipinski definition) is 7. The van der Waals surface area contributed by atoms with Gasteiger partial charge in [-0.05, 0) is 31.0 Å². The van der Waals surface area contributed by atoms with Crippen molar-refractivity contribution in [3.05, 3.63) is 72.2 Å². The van der Waals surface area contributed by atoms with E-state index in [9.17, 15) is 4.39 Å². The summed E-state index contributed by atoms with van der Waals surface area (Å²) in [5.41, 5.74) is 3.43. The van der Waals surface area contributed by atoms with Gasteiger partial charge in [-0.1, -0.05) is 54.0 Å². The standard InChI is InChI=1S/C26H23FN6OS/c1-14-7-6-8-15(2)21(14)30-24-22(29-19-12-11-16(27)13-33(19)24)20-17-9-4-5-10-18(17)35-23(20)25-31-32-26(28-3)34-25/h4-14,21,30H,1-3H3,(H,28,32). The van der Waals surface area contributed by atoms with Gasteiger partial charge in [0.1, 0.15) is 27.9 Å². The third kappa shape index (κ3) is 3.59. The van der Waals surface area contributed by atoms with Gasteiger partial charge >= 0.3 is 6.01 Å². The first kappa shape index (κ1) is 21.5. The molecule has 0 fully saturated rings. The Hall–Kier alpha value is -3.98. The number of fused-ring (bicyclic) bond motifs is 2. The van der Waals surface area contributed by atoms with Gasteiger partial charge in [0.15, 0.2) is 0 Å². The predicted molar refractivity (Wildman–Crippen MR) is 138 cm³/mol. The molecule has 0 bridgehead atoms. The second-order valence-corrected chi connectivity index (χ2v) is 9.68. The summed E-state index contributed by atoms with van der Waals surface area (Å²) >= 11 is 1.57. The molecule has 2 unspecified atom stereocenters. The molecule has 0 spiro atoms. The number of allylic oxidation sites excluding steroid dienone is 2. The second kappa shape index (κ2) is 8.35. The molecule has 2 N–H and O–H groups in total. The molecule has 7 nitrogen and oxygen atoms in total. The largest absolute Gasteiger partial charge is 0.402 e. The quantitative estimate of drug-likeness (QED) is 0.300. The molecular weight excluding hydrogens is 463 g/mol. The highest BCUT2D eigenvalue weighted by molar-refractivity contribution is 7.23. The van der Waals surface area contributed by atoms with E-state index in [1.165, 1.54) is 17.8 Å². The molecule has 1 aliphatic rings. The summed E-state index contributed by atoms with van der Waals surface area (Å²) in [6.07, 6.45) is 7.81. The maximum atomic E-state index is 14.4. The Morgan fingerprint density at radius 2 is 2.00 bits per heavy atom. The highest BCUT2D eigenvalue weighted by Crippen LogP contribution is 2.47. The van der Waals surface area contributed by atoms with Crippen molar-refractivity contribution < 1.29 is 8.81 Å². The zero-order valence-electron chi connectivity index (χ0n) is 19.4. The number of nitrogens with one attached hydrogen (secondary N) is 2. The van der Waals surface area contributed by atoms with Crippen molar-refractivity contribution in [1.82, 2.24) is 19.6 Å². The van der Waals surface area contributed by atoms with E-state index in [1.807, 2.05) is 12.1 Å². The Morgan fingerprint density at radius 3 is 2.80 bits per heavy atom. The number of thiophene rings is 1. The fourth-order valence-corrected chi connectivity index (χ4v) is 5.71. The lowest BCUT2D eigenvalue weighted by molar-refractivity contribution is 0.587. The summed E-state index contributed by atoms with van der Waals surface area (Å²) in [6, 6.07) is 11.6. The number of pyridine rings is 1. The van der Waals surface area contributed by atoms with Crippen LogP contribution in [0.25, 0.3) is 37.8 Å². The first-order valence-electron chi connectivity index (χ1n) is 11.4. The minimum absolute atomic E-state index is 0.0366. The molecule has 0 saturated heterocycles. The molecule has 1 aromatic carbocycles. The average Bonchev–Trinajstić information content (AvgIpc) is 3.56. The highest BCUT2D eigenvalue weighted by Gasteiger charge is 2.28. The van der Waals surface area contributed by atoms with Crippen LogP contribution in [0.2, 0.25) is 0 Å². The Kier molecular flexibility index (Phi) is 5.14. The van der Waals surface area contributed by atoms with Crippen molar-refractivity contribution in [2.45, 2.75) is 19.9 Å². The molecule has 5 aromatic rings. The van der Waals surface area contributed by atoms with Crippen LogP contribution in [0.3, 0.4) is 0 Å². The van der Waals surface area contributed by atoms with E-state index in [0.717, 1.165) is 26.3 Å². The second-order valence-electron chi connectivity index (χ2n) is 8.63. The topological polar surface area (TPSA) is 80.3 Å². The lowest BCUT2D eigenvalue weighted by Crippen LogP contribution is -2.29. The van der Waals surface area contributed by atoms with Crippen LogP contribution in [0.5, 0.6) is 0 Å². The molecule has 1 aliphatic carbocycles. The van der Waals surface area contributed by atoms with Gasteiger partial charge in [0.25, 0.3) is 5.89 Å². The minimum Gasteiger partial charge on any atom is -0.402 e. The summed E-state index contributed by atoms with van der Waals surface area (Å²) in [5.74, 6) is 1.04. The summed E-state index contributed by atoms with van der Waals surface area (Å²) in [7, 11) is 1.73. The van der Waals surface area contributed by atoms with Crippen LogP contribution >= 0.6 is 11.3 Å². The van der Waals surface area contributed by atoms with Crippen LogP contribution in [0.1, 0.15) is 13.8 Å². The van der Waals surface area contributed by atoms with Crippen molar-refractivity contribution in [3.8, 4) is 22.0 Å². The predicted octanol–water partition coefficient (Wildman–Crippen LogP) is 6.38. The molecule has 0 saturated carbocycles. The molecule has 9 heteroatoms. The highest BCUT2D eigenvalue weighted by atomic mass is 32.1. The van der Waals surface area contributed by atoms with E-state index < -0.39 is 0 Å². The number of anilines is 2. The third-order valence-electron chi connectivity index (χ3n) is 6.33. The smallest absolute Gasteiger partial charge is 0.315 e. The van der Waals surface area contributed by atoms with Gasteiger partial charge in [0.2, 0.25) is 0 Å². The summed E-state index contributed by atoms with van der Waals surface area (Å²) < 4.78 is 23.1. The van der Waals surface area contributed by atoms with Crippen LogP contribution in [-0.2, 0) is 0 Å².